The Kier molecular flexibility index (Phi) is 3.46. The highest BCUT2D eigenvalue weighted by Crippen LogP contribution is 2.41. The molecule has 2 rings (SSSR count). The summed E-state index contributed by atoms with van der Waals surface area (Å²) >= 11 is 0. The maximum atomic E-state index is 11.5. The Labute approximate surface area is 103 Å². The Balaban J connectivity index is 1.94. The quantitative estimate of drug-likeness (QED) is 0.698. The second-order valence-corrected chi connectivity index (χ2v) is 5.97. The van der Waals surface area contributed by atoms with Gasteiger partial charge >= 0.3 is 5.97 Å². The van der Waals surface area contributed by atoms with Gasteiger partial charge in [-0.15, -0.1) is 0 Å². The van der Waals surface area contributed by atoms with Crippen LogP contribution in [0.5, 0.6) is 0 Å². The van der Waals surface area contributed by atoms with E-state index in [0.29, 0.717) is 12.5 Å². The van der Waals surface area contributed by atoms with Gasteiger partial charge in [0.05, 0.1) is 0 Å². The van der Waals surface area contributed by atoms with Crippen molar-refractivity contribution in [2.75, 3.05) is 27.2 Å². The largest absolute Gasteiger partial charge is 0.480 e. The third-order valence-electron chi connectivity index (χ3n) is 4.44. The average molecular weight is 240 g/mol. The summed E-state index contributed by atoms with van der Waals surface area (Å²) < 4.78 is 0. The van der Waals surface area contributed by atoms with Gasteiger partial charge in [-0.1, -0.05) is 6.92 Å². The fourth-order valence-corrected chi connectivity index (χ4v) is 2.88. The third kappa shape index (κ3) is 2.63. The number of nitrogens with zero attached hydrogens (tertiary/aromatic N) is 1. The molecule has 4 heteroatoms. The molecular formula is C13H24N2O2. The summed E-state index contributed by atoms with van der Waals surface area (Å²) in [7, 11) is 3.82. The number of carboxylic acids is 1. The van der Waals surface area contributed by atoms with Crippen LogP contribution in [0.15, 0.2) is 0 Å². The van der Waals surface area contributed by atoms with Gasteiger partial charge in [0.15, 0.2) is 0 Å². The summed E-state index contributed by atoms with van der Waals surface area (Å²) in [5.41, 5.74) is -0.729. The van der Waals surface area contributed by atoms with Gasteiger partial charge in [0.25, 0.3) is 0 Å². The lowest BCUT2D eigenvalue weighted by molar-refractivity contribution is -0.146. The minimum absolute atomic E-state index is 0.309. The van der Waals surface area contributed by atoms with Gasteiger partial charge in [-0.3, -0.25) is 4.79 Å². The molecule has 0 aliphatic heterocycles. The maximum absolute atomic E-state index is 11.5. The molecule has 2 aliphatic carbocycles. The van der Waals surface area contributed by atoms with Crippen LogP contribution in [-0.4, -0.2) is 48.7 Å². The van der Waals surface area contributed by atoms with E-state index in [2.05, 4.69) is 17.1 Å². The molecule has 0 aromatic carbocycles. The van der Waals surface area contributed by atoms with E-state index >= 15 is 0 Å². The van der Waals surface area contributed by atoms with Gasteiger partial charge in [0.2, 0.25) is 0 Å². The van der Waals surface area contributed by atoms with Crippen LogP contribution >= 0.6 is 0 Å². The van der Waals surface area contributed by atoms with Crippen LogP contribution in [0, 0.1) is 17.8 Å². The first-order chi connectivity index (χ1) is 7.99. The van der Waals surface area contributed by atoms with Crippen molar-refractivity contribution >= 4 is 5.97 Å². The molecule has 0 aromatic heterocycles. The predicted molar refractivity (Wildman–Crippen MR) is 66.9 cm³/mol. The van der Waals surface area contributed by atoms with E-state index in [1.54, 1.807) is 7.05 Å². The summed E-state index contributed by atoms with van der Waals surface area (Å²) in [6.45, 7) is 3.92. The third-order valence-corrected chi connectivity index (χ3v) is 4.44. The summed E-state index contributed by atoms with van der Waals surface area (Å²) in [5.74, 6) is 1.22. The molecule has 0 saturated heterocycles. The van der Waals surface area contributed by atoms with E-state index in [1.807, 2.05) is 7.05 Å². The first-order valence-electron chi connectivity index (χ1n) is 6.60. The fraction of sp³-hybridized carbons (Fsp3) is 0.923. The lowest BCUT2D eigenvalue weighted by Gasteiger charge is -2.33. The number of hydrogen-bond acceptors (Lipinski definition) is 3. The molecular weight excluding hydrogens is 216 g/mol. The SMILES string of the molecule is CNC(CN(C)CC1CC1C)(C(=O)O)C1CC1. The number of likely N-dealkylation sites (N-methyl/N-ethyl adjacent to an activating group) is 2. The molecule has 4 nitrogen and oxygen atoms in total. The molecule has 3 unspecified atom stereocenters. The molecule has 98 valence electrons. The Bertz CT molecular complexity index is 304. The Hall–Kier alpha value is -0.610. The molecule has 0 amide bonds. The number of hydrogen-bond donors (Lipinski definition) is 2. The molecule has 2 saturated carbocycles. The number of nitrogens with one attached hydrogen (secondary N) is 1. The monoisotopic (exact) mass is 240 g/mol. The Morgan fingerprint density at radius 2 is 2.12 bits per heavy atom. The second-order valence-electron chi connectivity index (χ2n) is 5.97. The van der Waals surface area contributed by atoms with Gasteiger partial charge in [-0.25, -0.2) is 0 Å². The number of carboxylic acid groups (broad SMARTS) is 1. The highest BCUT2D eigenvalue weighted by atomic mass is 16.4. The van der Waals surface area contributed by atoms with E-state index in [0.717, 1.165) is 31.2 Å². The normalized spacial score (nSPS) is 31.3. The van der Waals surface area contributed by atoms with Crippen LogP contribution < -0.4 is 5.32 Å². The lowest BCUT2D eigenvalue weighted by atomic mass is 9.92. The van der Waals surface area contributed by atoms with Crippen LogP contribution in [0.1, 0.15) is 26.2 Å². The number of carbonyl (C=O) groups is 1. The maximum Gasteiger partial charge on any atom is 0.325 e. The average Bonchev–Trinajstić information content (AvgIpc) is 3.13. The van der Waals surface area contributed by atoms with Crippen molar-refractivity contribution < 1.29 is 9.90 Å². The Morgan fingerprint density at radius 1 is 1.53 bits per heavy atom. The van der Waals surface area contributed by atoms with Crippen LogP contribution in [0.2, 0.25) is 0 Å². The molecule has 0 aromatic rings. The minimum Gasteiger partial charge on any atom is -0.480 e. The Morgan fingerprint density at radius 3 is 2.47 bits per heavy atom. The van der Waals surface area contributed by atoms with Crippen molar-refractivity contribution in [3.05, 3.63) is 0 Å². The van der Waals surface area contributed by atoms with E-state index in [9.17, 15) is 9.90 Å². The van der Waals surface area contributed by atoms with Gasteiger partial charge in [-0.05, 0) is 51.1 Å². The van der Waals surface area contributed by atoms with E-state index in [-0.39, 0.29) is 0 Å². The molecule has 3 atom stereocenters. The number of aliphatic carboxylic acids is 1. The molecule has 17 heavy (non-hydrogen) atoms. The zero-order valence-corrected chi connectivity index (χ0v) is 11.1. The van der Waals surface area contributed by atoms with Crippen molar-refractivity contribution in [3.63, 3.8) is 0 Å². The van der Waals surface area contributed by atoms with Gasteiger partial charge < -0.3 is 15.3 Å². The van der Waals surface area contributed by atoms with Crippen molar-refractivity contribution in [3.8, 4) is 0 Å². The molecule has 2 fully saturated rings. The van der Waals surface area contributed by atoms with E-state index in [4.69, 9.17) is 0 Å². The first kappa shape index (κ1) is 12.8. The topological polar surface area (TPSA) is 52.6 Å². The second kappa shape index (κ2) is 4.58. The zero-order valence-electron chi connectivity index (χ0n) is 11.1. The molecule has 0 heterocycles. The van der Waals surface area contributed by atoms with Crippen LogP contribution in [0.4, 0.5) is 0 Å². The summed E-state index contributed by atoms with van der Waals surface area (Å²) in [4.78, 5) is 13.7. The van der Waals surface area contributed by atoms with Crippen LogP contribution in [0.3, 0.4) is 0 Å². The standard InChI is InChI=1S/C13H24N2O2/c1-9-6-10(9)7-15(3)8-13(14-2,12(16)17)11-4-5-11/h9-11,14H,4-8H2,1-3H3,(H,16,17). The van der Waals surface area contributed by atoms with Crippen LogP contribution in [-0.2, 0) is 4.79 Å². The van der Waals surface area contributed by atoms with Crippen molar-refractivity contribution in [1.82, 2.24) is 10.2 Å². The number of rotatable bonds is 7. The van der Waals surface area contributed by atoms with Crippen molar-refractivity contribution in [2.24, 2.45) is 17.8 Å². The molecule has 2 N–H and O–H groups in total. The summed E-state index contributed by atoms with van der Waals surface area (Å²) in [6, 6.07) is 0. The highest BCUT2D eigenvalue weighted by Gasteiger charge is 2.51. The molecule has 2 aliphatic rings. The predicted octanol–water partition coefficient (Wildman–Crippen LogP) is 1.03. The highest BCUT2D eigenvalue weighted by molar-refractivity contribution is 5.80. The van der Waals surface area contributed by atoms with E-state index < -0.39 is 11.5 Å². The zero-order chi connectivity index (χ0) is 12.6. The van der Waals surface area contributed by atoms with Gasteiger partial charge in [0, 0.05) is 13.1 Å². The molecule has 0 bridgehead atoms. The smallest absolute Gasteiger partial charge is 0.325 e. The van der Waals surface area contributed by atoms with Crippen LogP contribution in [0.25, 0.3) is 0 Å². The van der Waals surface area contributed by atoms with Gasteiger partial charge in [0.1, 0.15) is 5.54 Å². The van der Waals surface area contributed by atoms with Crippen molar-refractivity contribution in [2.45, 2.75) is 31.7 Å². The first-order valence-corrected chi connectivity index (χ1v) is 6.60. The van der Waals surface area contributed by atoms with Crippen molar-refractivity contribution in [1.29, 1.82) is 0 Å². The lowest BCUT2D eigenvalue weighted by Crippen LogP contribution is -2.59. The summed E-state index contributed by atoms with van der Waals surface area (Å²) in [6.07, 6.45) is 3.38. The van der Waals surface area contributed by atoms with E-state index in [1.165, 1.54) is 6.42 Å². The molecule has 0 radical (unpaired) electrons. The molecule has 0 spiro atoms. The summed E-state index contributed by atoms with van der Waals surface area (Å²) in [5, 5.41) is 12.6. The minimum atomic E-state index is -0.729. The fourth-order valence-electron chi connectivity index (χ4n) is 2.88. The van der Waals surface area contributed by atoms with Gasteiger partial charge in [-0.2, -0.15) is 0 Å².